The molecule has 1 fully saturated rings. The number of rotatable bonds is 6. The van der Waals surface area contributed by atoms with E-state index < -0.39 is 0 Å². The molecule has 1 aliphatic rings. The van der Waals surface area contributed by atoms with Gasteiger partial charge in [0.2, 0.25) is 11.8 Å². The number of thiazole rings is 1. The number of anilines is 1. The van der Waals surface area contributed by atoms with Gasteiger partial charge in [-0.1, -0.05) is 6.07 Å². The number of carbonyl (C=O) groups is 2. The highest BCUT2D eigenvalue weighted by atomic mass is 32.1. The second kappa shape index (κ2) is 8.08. The standard InChI is InChI=1S/C21H21N3O4S/c1-13-18(29-21(23-13)17-7-4-8-28-17)11-22-20(26)14-9-19(25)24(12-14)15-5-3-6-16(10-15)27-2/h3-8,10,14H,9,11-12H2,1-2H3,(H,22,26). The molecule has 0 radical (unpaired) electrons. The van der Waals surface area contributed by atoms with Crippen molar-refractivity contribution in [3.05, 3.63) is 53.2 Å². The van der Waals surface area contributed by atoms with Gasteiger partial charge in [0.05, 0.1) is 31.5 Å². The summed E-state index contributed by atoms with van der Waals surface area (Å²) < 4.78 is 10.6. The molecule has 2 aromatic heterocycles. The first kappa shape index (κ1) is 19.2. The van der Waals surface area contributed by atoms with Gasteiger partial charge in [-0.25, -0.2) is 4.98 Å². The normalized spacial score (nSPS) is 16.3. The summed E-state index contributed by atoms with van der Waals surface area (Å²) in [6.45, 7) is 2.65. The molecule has 1 atom stereocenters. The topological polar surface area (TPSA) is 84.7 Å². The van der Waals surface area contributed by atoms with Crippen molar-refractivity contribution in [1.82, 2.24) is 10.3 Å². The molecule has 29 heavy (non-hydrogen) atoms. The van der Waals surface area contributed by atoms with Crippen LogP contribution in [0.4, 0.5) is 5.69 Å². The number of nitrogens with zero attached hydrogens (tertiary/aromatic N) is 2. The molecule has 4 rings (SSSR count). The summed E-state index contributed by atoms with van der Waals surface area (Å²) in [5.41, 5.74) is 1.60. The maximum absolute atomic E-state index is 12.7. The number of amides is 2. The van der Waals surface area contributed by atoms with Gasteiger partial charge in [-0.2, -0.15) is 0 Å². The van der Waals surface area contributed by atoms with Crippen LogP contribution in [0.2, 0.25) is 0 Å². The Morgan fingerprint density at radius 2 is 2.24 bits per heavy atom. The van der Waals surface area contributed by atoms with E-state index >= 15 is 0 Å². The van der Waals surface area contributed by atoms with Crippen LogP contribution >= 0.6 is 11.3 Å². The van der Waals surface area contributed by atoms with Crippen LogP contribution in [0.25, 0.3) is 10.8 Å². The van der Waals surface area contributed by atoms with E-state index in [2.05, 4.69) is 10.3 Å². The molecule has 3 heterocycles. The van der Waals surface area contributed by atoms with Gasteiger partial charge in [-0.15, -0.1) is 11.3 Å². The molecule has 0 aliphatic carbocycles. The van der Waals surface area contributed by atoms with Gasteiger partial charge in [0.25, 0.3) is 0 Å². The molecule has 1 N–H and O–H groups in total. The van der Waals surface area contributed by atoms with E-state index in [9.17, 15) is 9.59 Å². The molecule has 0 saturated carbocycles. The first-order valence-electron chi connectivity index (χ1n) is 9.27. The van der Waals surface area contributed by atoms with E-state index in [4.69, 9.17) is 9.15 Å². The lowest BCUT2D eigenvalue weighted by atomic mass is 10.1. The lowest BCUT2D eigenvalue weighted by Gasteiger charge is -2.17. The third-order valence-corrected chi connectivity index (χ3v) is 6.08. The number of aromatic nitrogens is 1. The molecule has 3 aromatic rings. The number of carbonyl (C=O) groups excluding carboxylic acids is 2. The fraction of sp³-hybridized carbons (Fsp3) is 0.286. The first-order valence-corrected chi connectivity index (χ1v) is 10.1. The summed E-state index contributed by atoms with van der Waals surface area (Å²) in [5.74, 6) is 0.817. The highest BCUT2D eigenvalue weighted by molar-refractivity contribution is 7.15. The largest absolute Gasteiger partial charge is 0.497 e. The highest BCUT2D eigenvalue weighted by Gasteiger charge is 2.35. The van der Waals surface area contributed by atoms with E-state index in [1.54, 1.807) is 24.3 Å². The predicted octanol–water partition coefficient (Wildman–Crippen LogP) is 3.39. The summed E-state index contributed by atoms with van der Waals surface area (Å²) in [4.78, 5) is 32.2. The molecular formula is C21H21N3O4S. The Morgan fingerprint density at radius 3 is 3.00 bits per heavy atom. The van der Waals surface area contributed by atoms with Gasteiger partial charge in [0.15, 0.2) is 10.8 Å². The second-order valence-corrected chi connectivity index (χ2v) is 7.91. The second-order valence-electron chi connectivity index (χ2n) is 6.83. The molecule has 2 amide bonds. The molecule has 8 heteroatoms. The maximum Gasteiger partial charge on any atom is 0.227 e. The number of nitrogens with one attached hydrogen (secondary N) is 1. The Kier molecular flexibility index (Phi) is 5.35. The molecular weight excluding hydrogens is 390 g/mol. The zero-order valence-corrected chi connectivity index (χ0v) is 17.0. The summed E-state index contributed by atoms with van der Waals surface area (Å²) in [5, 5.41) is 3.74. The van der Waals surface area contributed by atoms with Crippen LogP contribution < -0.4 is 15.0 Å². The minimum Gasteiger partial charge on any atom is -0.497 e. The van der Waals surface area contributed by atoms with Gasteiger partial charge in [0.1, 0.15) is 5.75 Å². The van der Waals surface area contributed by atoms with Gasteiger partial charge in [-0.3, -0.25) is 9.59 Å². The Balaban J connectivity index is 1.39. The summed E-state index contributed by atoms with van der Waals surface area (Å²) in [6, 6.07) is 11.0. The molecule has 1 unspecified atom stereocenters. The number of benzene rings is 1. The first-order chi connectivity index (χ1) is 14.0. The minimum absolute atomic E-state index is 0.0625. The molecule has 1 saturated heterocycles. The van der Waals surface area contributed by atoms with Gasteiger partial charge < -0.3 is 19.4 Å². The van der Waals surface area contributed by atoms with Crippen LogP contribution in [0.5, 0.6) is 5.75 Å². The number of methoxy groups -OCH3 is 1. The minimum atomic E-state index is -0.383. The van der Waals surface area contributed by atoms with Crippen molar-refractivity contribution in [3.63, 3.8) is 0 Å². The van der Waals surface area contributed by atoms with Crippen molar-refractivity contribution in [2.24, 2.45) is 5.92 Å². The predicted molar refractivity (Wildman–Crippen MR) is 110 cm³/mol. The van der Waals surface area contributed by atoms with Crippen molar-refractivity contribution in [1.29, 1.82) is 0 Å². The van der Waals surface area contributed by atoms with Crippen LogP contribution in [0.1, 0.15) is 17.0 Å². The van der Waals surface area contributed by atoms with Crippen molar-refractivity contribution >= 4 is 28.8 Å². The average molecular weight is 411 g/mol. The fourth-order valence-corrected chi connectivity index (χ4v) is 4.29. The number of furan rings is 1. The van der Waals surface area contributed by atoms with E-state index in [-0.39, 0.29) is 24.2 Å². The van der Waals surface area contributed by atoms with E-state index in [0.29, 0.717) is 24.6 Å². The van der Waals surface area contributed by atoms with Gasteiger partial charge >= 0.3 is 0 Å². The molecule has 7 nitrogen and oxygen atoms in total. The highest BCUT2D eigenvalue weighted by Crippen LogP contribution is 2.30. The average Bonchev–Trinajstić information content (AvgIpc) is 3.46. The Labute approximate surface area is 172 Å². The number of hydrogen-bond acceptors (Lipinski definition) is 6. The third kappa shape index (κ3) is 4.02. The zero-order valence-electron chi connectivity index (χ0n) is 16.2. The third-order valence-electron chi connectivity index (χ3n) is 4.91. The SMILES string of the molecule is COc1cccc(N2CC(C(=O)NCc3sc(-c4ccco4)nc3C)CC2=O)c1. The monoisotopic (exact) mass is 411 g/mol. The van der Waals surface area contributed by atoms with E-state index in [0.717, 1.165) is 21.3 Å². The molecule has 0 bridgehead atoms. The Morgan fingerprint density at radius 1 is 1.38 bits per heavy atom. The van der Waals surface area contributed by atoms with Crippen LogP contribution in [0, 0.1) is 12.8 Å². The van der Waals surface area contributed by atoms with Crippen LogP contribution in [0.15, 0.2) is 47.1 Å². The number of ether oxygens (including phenoxy) is 1. The van der Waals surface area contributed by atoms with Crippen molar-refractivity contribution in [3.8, 4) is 16.5 Å². The van der Waals surface area contributed by atoms with Crippen molar-refractivity contribution < 1.29 is 18.7 Å². The smallest absolute Gasteiger partial charge is 0.227 e. The van der Waals surface area contributed by atoms with Crippen LogP contribution in [-0.2, 0) is 16.1 Å². The fourth-order valence-electron chi connectivity index (χ4n) is 3.32. The van der Waals surface area contributed by atoms with E-state index in [1.807, 2.05) is 37.3 Å². The lowest BCUT2D eigenvalue weighted by molar-refractivity contribution is -0.126. The van der Waals surface area contributed by atoms with Gasteiger partial charge in [-0.05, 0) is 31.2 Å². The summed E-state index contributed by atoms with van der Waals surface area (Å²) >= 11 is 1.49. The quantitative estimate of drug-likeness (QED) is 0.672. The van der Waals surface area contributed by atoms with Crippen molar-refractivity contribution in [2.75, 3.05) is 18.6 Å². The number of hydrogen-bond donors (Lipinski definition) is 1. The summed E-state index contributed by atoms with van der Waals surface area (Å²) in [7, 11) is 1.58. The number of aryl methyl sites for hydroxylation is 1. The zero-order chi connectivity index (χ0) is 20.4. The molecule has 150 valence electrons. The maximum atomic E-state index is 12.7. The summed E-state index contributed by atoms with van der Waals surface area (Å²) in [6.07, 6.45) is 1.81. The van der Waals surface area contributed by atoms with E-state index in [1.165, 1.54) is 11.3 Å². The lowest BCUT2D eigenvalue weighted by Crippen LogP contribution is -2.32. The molecule has 1 aromatic carbocycles. The van der Waals surface area contributed by atoms with Crippen molar-refractivity contribution in [2.45, 2.75) is 19.9 Å². The van der Waals surface area contributed by atoms with Crippen LogP contribution in [0.3, 0.4) is 0 Å². The molecule has 1 aliphatic heterocycles. The Bertz CT molecular complexity index is 1030. The van der Waals surface area contributed by atoms with Crippen LogP contribution in [-0.4, -0.2) is 30.5 Å². The van der Waals surface area contributed by atoms with Gasteiger partial charge in [0, 0.05) is 29.6 Å². The molecule has 0 spiro atoms. The Hall–Kier alpha value is -3.13.